The van der Waals surface area contributed by atoms with Crippen molar-refractivity contribution < 1.29 is 12.8 Å². The minimum Gasteiger partial charge on any atom is -0.449 e. The summed E-state index contributed by atoms with van der Waals surface area (Å²) in [6.45, 7) is 4.09. The lowest BCUT2D eigenvalue weighted by Gasteiger charge is -2.23. The Labute approximate surface area is 151 Å². The van der Waals surface area contributed by atoms with E-state index in [0.29, 0.717) is 36.8 Å². The molecule has 26 heavy (non-hydrogen) atoms. The van der Waals surface area contributed by atoms with Crippen LogP contribution in [0.15, 0.2) is 39.8 Å². The number of hydrogen-bond donors (Lipinski definition) is 1. The molecule has 0 fully saturated rings. The Hall–Kier alpha value is -2.52. The molecule has 136 valence electrons. The van der Waals surface area contributed by atoms with E-state index in [1.54, 1.807) is 42.1 Å². The number of aryl methyl sites for hydroxylation is 3. The number of nitrogens with one attached hydrogen (secondary N) is 1. The number of rotatable bonds is 4. The molecule has 1 N–H and O–H groups in total. The molecular formula is C17H19N5O3S. The van der Waals surface area contributed by atoms with Crippen molar-refractivity contribution in [3.63, 3.8) is 0 Å². The van der Waals surface area contributed by atoms with E-state index in [4.69, 9.17) is 4.42 Å². The van der Waals surface area contributed by atoms with Gasteiger partial charge in [0.1, 0.15) is 23.6 Å². The van der Waals surface area contributed by atoms with Crippen LogP contribution in [0.4, 0.5) is 0 Å². The fraction of sp³-hybridized carbons (Fsp3) is 0.353. The van der Waals surface area contributed by atoms with Crippen LogP contribution < -0.4 is 4.72 Å². The van der Waals surface area contributed by atoms with Crippen LogP contribution in [0, 0.1) is 13.8 Å². The van der Waals surface area contributed by atoms with Crippen molar-refractivity contribution in [3.8, 4) is 11.3 Å². The molecule has 1 aromatic carbocycles. The van der Waals surface area contributed by atoms with Gasteiger partial charge in [-0.25, -0.2) is 27.8 Å². The fourth-order valence-electron chi connectivity index (χ4n) is 3.12. The van der Waals surface area contributed by atoms with Crippen molar-refractivity contribution in [3.05, 3.63) is 48.1 Å². The second kappa shape index (κ2) is 6.33. The lowest BCUT2D eigenvalue weighted by Crippen LogP contribution is -2.41. The minimum absolute atomic E-state index is 0.202. The summed E-state index contributed by atoms with van der Waals surface area (Å²) in [5, 5.41) is 4.31. The highest BCUT2D eigenvalue weighted by Gasteiger charge is 2.26. The molecule has 3 aromatic rings. The number of sulfonamides is 1. The van der Waals surface area contributed by atoms with Crippen molar-refractivity contribution in [1.82, 2.24) is 24.5 Å². The Morgan fingerprint density at radius 2 is 1.96 bits per heavy atom. The number of fused-ring (bicyclic) bond motifs is 1. The van der Waals surface area contributed by atoms with E-state index in [1.165, 1.54) is 0 Å². The summed E-state index contributed by atoms with van der Waals surface area (Å²) < 4.78 is 35.1. The molecule has 1 unspecified atom stereocenters. The first-order chi connectivity index (χ1) is 12.4. The number of aromatic nitrogens is 4. The summed E-state index contributed by atoms with van der Waals surface area (Å²) in [7, 11) is -3.60. The van der Waals surface area contributed by atoms with Crippen LogP contribution >= 0.6 is 0 Å². The van der Waals surface area contributed by atoms with Crippen LogP contribution in [-0.4, -0.2) is 34.2 Å². The molecule has 8 nitrogen and oxygen atoms in total. The number of nitrogens with zero attached hydrogens (tertiary/aromatic N) is 4. The lowest BCUT2D eigenvalue weighted by atomic mass is 10.1. The molecular weight excluding hydrogens is 354 g/mol. The van der Waals surface area contributed by atoms with Crippen LogP contribution in [-0.2, 0) is 23.0 Å². The zero-order valence-electron chi connectivity index (χ0n) is 14.5. The SMILES string of the molecule is Cc1nc2n(n1)CC(NS(=O)(=O)c1ccc(-c3coc(C)n3)cc1)CC2. The van der Waals surface area contributed by atoms with Gasteiger partial charge in [0.05, 0.1) is 11.4 Å². The molecule has 1 atom stereocenters. The largest absolute Gasteiger partial charge is 0.449 e. The van der Waals surface area contributed by atoms with E-state index in [1.807, 2.05) is 6.92 Å². The maximum absolute atomic E-state index is 12.7. The van der Waals surface area contributed by atoms with E-state index >= 15 is 0 Å². The van der Waals surface area contributed by atoms with Crippen LogP contribution in [0.1, 0.15) is 24.0 Å². The molecule has 1 aliphatic heterocycles. The van der Waals surface area contributed by atoms with E-state index in [2.05, 4.69) is 19.8 Å². The van der Waals surface area contributed by atoms with Gasteiger partial charge in [-0.2, -0.15) is 5.10 Å². The van der Waals surface area contributed by atoms with E-state index in [0.717, 1.165) is 11.4 Å². The second-order valence-electron chi connectivity index (χ2n) is 6.39. The summed E-state index contributed by atoms with van der Waals surface area (Å²) in [5.74, 6) is 2.19. The zero-order valence-corrected chi connectivity index (χ0v) is 15.3. The van der Waals surface area contributed by atoms with Crippen LogP contribution in [0.2, 0.25) is 0 Å². The molecule has 0 saturated heterocycles. The summed E-state index contributed by atoms with van der Waals surface area (Å²) in [5.41, 5.74) is 1.49. The van der Waals surface area contributed by atoms with Gasteiger partial charge in [-0.05, 0) is 25.5 Å². The molecule has 0 bridgehead atoms. The lowest BCUT2D eigenvalue weighted by molar-refractivity contribution is 0.395. The first kappa shape index (κ1) is 16.9. The molecule has 0 radical (unpaired) electrons. The molecule has 4 rings (SSSR count). The second-order valence-corrected chi connectivity index (χ2v) is 8.10. The highest BCUT2D eigenvalue weighted by atomic mass is 32.2. The summed E-state index contributed by atoms with van der Waals surface area (Å²) in [6.07, 6.45) is 2.96. The third-order valence-electron chi connectivity index (χ3n) is 4.37. The Morgan fingerprint density at radius 1 is 1.19 bits per heavy atom. The van der Waals surface area contributed by atoms with Crippen LogP contribution in [0.25, 0.3) is 11.3 Å². The highest BCUT2D eigenvalue weighted by molar-refractivity contribution is 7.89. The Bertz CT molecular complexity index is 1040. The van der Waals surface area contributed by atoms with Crippen molar-refractivity contribution in [2.24, 2.45) is 0 Å². The Morgan fingerprint density at radius 3 is 2.65 bits per heavy atom. The Balaban J connectivity index is 1.50. The quantitative estimate of drug-likeness (QED) is 0.748. The van der Waals surface area contributed by atoms with Crippen LogP contribution in [0.5, 0.6) is 0 Å². The standard InChI is InChI=1S/C17H19N5O3S/c1-11-18-17-8-5-14(9-22(17)20-11)21-26(23,24)15-6-3-13(4-7-15)16-10-25-12(2)19-16/h3-4,6-7,10,14,21H,5,8-9H2,1-2H3. The van der Waals surface area contributed by atoms with Gasteiger partial charge < -0.3 is 4.42 Å². The van der Waals surface area contributed by atoms with Gasteiger partial charge >= 0.3 is 0 Å². The zero-order chi connectivity index (χ0) is 18.3. The van der Waals surface area contributed by atoms with Gasteiger partial charge in [0.15, 0.2) is 5.89 Å². The predicted molar refractivity (Wildman–Crippen MR) is 93.9 cm³/mol. The first-order valence-corrected chi connectivity index (χ1v) is 9.84. The van der Waals surface area contributed by atoms with Crippen molar-refractivity contribution in [2.75, 3.05) is 0 Å². The van der Waals surface area contributed by atoms with E-state index < -0.39 is 10.0 Å². The molecule has 1 aliphatic rings. The molecule has 0 amide bonds. The average molecular weight is 373 g/mol. The van der Waals surface area contributed by atoms with Crippen molar-refractivity contribution in [1.29, 1.82) is 0 Å². The van der Waals surface area contributed by atoms with Gasteiger partial charge in [0, 0.05) is 24.9 Å². The highest BCUT2D eigenvalue weighted by Crippen LogP contribution is 2.21. The number of benzene rings is 1. The van der Waals surface area contributed by atoms with Crippen molar-refractivity contribution >= 4 is 10.0 Å². The van der Waals surface area contributed by atoms with Gasteiger partial charge in [0.2, 0.25) is 10.0 Å². The third-order valence-corrected chi connectivity index (χ3v) is 5.90. The topological polar surface area (TPSA) is 103 Å². The van der Waals surface area contributed by atoms with Gasteiger partial charge in [0.25, 0.3) is 0 Å². The Kier molecular flexibility index (Phi) is 4.12. The van der Waals surface area contributed by atoms with E-state index in [9.17, 15) is 8.42 Å². The van der Waals surface area contributed by atoms with E-state index in [-0.39, 0.29) is 10.9 Å². The molecule has 0 aliphatic carbocycles. The average Bonchev–Trinajstić information content (AvgIpc) is 3.19. The molecule has 9 heteroatoms. The summed E-state index contributed by atoms with van der Waals surface area (Å²) in [6, 6.07) is 6.41. The molecule has 0 spiro atoms. The molecule has 3 heterocycles. The van der Waals surface area contributed by atoms with Gasteiger partial charge in [-0.1, -0.05) is 12.1 Å². The monoisotopic (exact) mass is 373 g/mol. The number of oxazole rings is 1. The van der Waals surface area contributed by atoms with Crippen LogP contribution in [0.3, 0.4) is 0 Å². The van der Waals surface area contributed by atoms with Gasteiger partial charge in [-0.3, -0.25) is 0 Å². The fourth-order valence-corrected chi connectivity index (χ4v) is 4.38. The smallest absolute Gasteiger partial charge is 0.240 e. The summed E-state index contributed by atoms with van der Waals surface area (Å²) in [4.78, 5) is 8.81. The maximum atomic E-state index is 12.7. The minimum atomic E-state index is -3.60. The summed E-state index contributed by atoms with van der Waals surface area (Å²) >= 11 is 0. The normalized spacial score (nSPS) is 17.2. The molecule has 2 aromatic heterocycles. The van der Waals surface area contributed by atoms with Gasteiger partial charge in [-0.15, -0.1) is 0 Å². The number of hydrogen-bond acceptors (Lipinski definition) is 6. The molecule has 0 saturated carbocycles. The predicted octanol–water partition coefficient (Wildman–Crippen LogP) is 1.84. The third kappa shape index (κ3) is 3.27. The van der Waals surface area contributed by atoms with Crippen molar-refractivity contribution in [2.45, 2.75) is 44.2 Å². The first-order valence-electron chi connectivity index (χ1n) is 8.36. The maximum Gasteiger partial charge on any atom is 0.240 e.